The summed E-state index contributed by atoms with van der Waals surface area (Å²) in [6.07, 6.45) is 3.28. The number of nitrogens with zero attached hydrogens (tertiary/aromatic N) is 1. The zero-order valence-electron chi connectivity index (χ0n) is 16.2. The minimum Gasteiger partial charge on any atom is -0.322 e. The van der Waals surface area contributed by atoms with Crippen LogP contribution in [0.15, 0.2) is 54.1 Å². The molecule has 1 N–H and O–H groups in total. The summed E-state index contributed by atoms with van der Waals surface area (Å²) >= 11 is 6.10. The molecule has 2 aromatic rings. The maximum atomic E-state index is 12.8. The third kappa shape index (κ3) is 3.58. The fourth-order valence-electron chi connectivity index (χ4n) is 3.93. The zero-order chi connectivity index (χ0) is 20.7. The van der Waals surface area contributed by atoms with Crippen molar-refractivity contribution in [2.45, 2.75) is 26.7 Å². The molecule has 1 aliphatic heterocycles. The number of aryl methyl sites for hydroxylation is 1. The second kappa shape index (κ2) is 7.48. The van der Waals surface area contributed by atoms with Crippen LogP contribution in [0.3, 0.4) is 0 Å². The molecule has 4 rings (SSSR count). The third-order valence-electron chi connectivity index (χ3n) is 5.64. The monoisotopic (exact) mass is 408 g/mol. The van der Waals surface area contributed by atoms with Crippen molar-refractivity contribution in [1.29, 1.82) is 0 Å². The van der Waals surface area contributed by atoms with Gasteiger partial charge in [0, 0.05) is 16.3 Å². The van der Waals surface area contributed by atoms with Gasteiger partial charge < -0.3 is 5.32 Å². The summed E-state index contributed by atoms with van der Waals surface area (Å²) in [5.74, 6) is -1.15. The average molecular weight is 409 g/mol. The summed E-state index contributed by atoms with van der Waals surface area (Å²) in [7, 11) is 0. The van der Waals surface area contributed by atoms with Gasteiger partial charge in [-0.2, -0.15) is 0 Å². The molecule has 0 radical (unpaired) electrons. The highest BCUT2D eigenvalue weighted by Gasteiger charge is 2.48. The van der Waals surface area contributed by atoms with E-state index in [1.807, 2.05) is 26.0 Å². The van der Waals surface area contributed by atoms with E-state index in [0.717, 1.165) is 11.1 Å². The standard InChI is InChI=1S/C23H21ClN2O3/c1-13-3-10-18-19(11-13)23(29)26(22(18)28)17-8-5-15(6-9-17)21(27)25-16-7-4-14(2)20(24)12-16/h3-9,12,18-19H,10-11H2,1-2H3,(H,25,27)/t18-,19+/m0/s1. The van der Waals surface area contributed by atoms with Crippen molar-refractivity contribution >= 4 is 40.7 Å². The normalized spacial score (nSPS) is 21.1. The van der Waals surface area contributed by atoms with Gasteiger partial charge in [0.2, 0.25) is 11.8 Å². The van der Waals surface area contributed by atoms with Crippen LogP contribution in [0, 0.1) is 18.8 Å². The number of fused-ring (bicyclic) bond motifs is 1. The van der Waals surface area contributed by atoms with Crippen LogP contribution in [0.1, 0.15) is 35.7 Å². The fourth-order valence-corrected chi connectivity index (χ4v) is 4.11. The summed E-state index contributed by atoms with van der Waals surface area (Å²) < 4.78 is 0. The van der Waals surface area contributed by atoms with E-state index in [4.69, 9.17) is 11.6 Å². The topological polar surface area (TPSA) is 66.5 Å². The van der Waals surface area contributed by atoms with Gasteiger partial charge in [-0.1, -0.05) is 29.3 Å². The Kier molecular flexibility index (Phi) is 5.01. The molecule has 2 atom stereocenters. The van der Waals surface area contributed by atoms with E-state index in [9.17, 15) is 14.4 Å². The van der Waals surface area contributed by atoms with E-state index >= 15 is 0 Å². The molecular weight excluding hydrogens is 388 g/mol. The Labute approximate surface area is 174 Å². The maximum absolute atomic E-state index is 12.8. The average Bonchev–Trinajstić information content (AvgIpc) is 2.94. The molecule has 2 aromatic carbocycles. The molecule has 6 heteroatoms. The lowest BCUT2D eigenvalue weighted by molar-refractivity contribution is -0.122. The van der Waals surface area contributed by atoms with E-state index in [1.54, 1.807) is 36.4 Å². The van der Waals surface area contributed by atoms with Gasteiger partial charge in [0.25, 0.3) is 5.91 Å². The Hall–Kier alpha value is -2.92. The molecule has 1 heterocycles. The van der Waals surface area contributed by atoms with Crippen LogP contribution in [-0.2, 0) is 9.59 Å². The summed E-state index contributed by atoms with van der Waals surface area (Å²) in [5, 5.41) is 3.38. The number of imide groups is 1. The molecule has 0 unspecified atom stereocenters. The minimum absolute atomic E-state index is 0.154. The first kappa shape index (κ1) is 19.4. The van der Waals surface area contributed by atoms with Gasteiger partial charge in [-0.05, 0) is 68.7 Å². The molecule has 1 aliphatic carbocycles. The Bertz CT molecular complexity index is 1040. The summed E-state index contributed by atoms with van der Waals surface area (Å²) in [4.78, 5) is 39.3. The lowest BCUT2D eigenvalue weighted by Crippen LogP contribution is -2.30. The lowest BCUT2D eigenvalue weighted by atomic mass is 9.82. The largest absolute Gasteiger partial charge is 0.322 e. The number of carbonyl (C=O) groups is 3. The molecule has 5 nitrogen and oxygen atoms in total. The highest BCUT2D eigenvalue weighted by molar-refractivity contribution is 6.31. The molecule has 0 saturated carbocycles. The number of benzene rings is 2. The Morgan fingerprint density at radius 1 is 1.03 bits per heavy atom. The fraction of sp³-hybridized carbons (Fsp3) is 0.261. The van der Waals surface area contributed by atoms with Crippen molar-refractivity contribution in [2.75, 3.05) is 10.2 Å². The molecule has 0 bridgehead atoms. The van der Waals surface area contributed by atoms with Crippen LogP contribution in [0.2, 0.25) is 5.02 Å². The van der Waals surface area contributed by atoms with Gasteiger partial charge in [-0.25, -0.2) is 0 Å². The molecule has 148 valence electrons. The SMILES string of the molecule is CC1=CC[C@@H]2C(=O)N(c3ccc(C(=O)Nc4ccc(C)c(Cl)c4)cc3)C(=O)[C@@H]2C1. The minimum atomic E-state index is -0.288. The first-order valence-corrected chi connectivity index (χ1v) is 9.94. The molecule has 2 aliphatic rings. The van der Waals surface area contributed by atoms with Crippen LogP contribution in [0.5, 0.6) is 0 Å². The molecule has 1 saturated heterocycles. The van der Waals surface area contributed by atoms with Gasteiger partial charge in [0.15, 0.2) is 0 Å². The predicted octanol–water partition coefficient (Wildman–Crippen LogP) is 4.75. The molecule has 1 fully saturated rings. The van der Waals surface area contributed by atoms with Crippen LogP contribution >= 0.6 is 11.6 Å². The predicted molar refractivity (Wildman–Crippen MR) is 113 cm³/mol. The number of nitrogens with one attached hydrogen (secondary N) is 1. The number of halogens is 1. The summed E-state index contributed by atoms with van der Waals surface area (Å²) in [6.45, 7) is 3.88. The Balaban J connectivity index is 1.50. The quantitative estimate of drug-likeness (QED) is 0.588. The van der Waals surface area contributed by atoms with E-state index in [0.29, 0.717) is 34.8 Å². The van der Waals surface area contributed by atoms with E-state index in [-0.39, 0.29) is 29.6 Å². The highest BCUT2D eigenvalue weighted by Crippen LogP contribution is 2.39. The van der Waals surface area contributed by atoms with Crippen LogP contribution < -0.4 is 10.2 Å². The molecule has 3 amide bonds. The summed E-state index contributed by atoms with van der Waals surface area (Å²) in [5.41, 5.74) is 3.62. The van der Waals surface area contributed by atoms with Gasteiger partial charge in [-0.15, -0.1) is 0 Å². The third-order valence-corrected chi connectivity index (χ3v) is 6.05. The number of carbonyl (C=O) groups excluding carboxylic acids is 3. The van der Waals surface area contributed by atoms with Gasteiger partial charge in [-0.3, -0.25) is 19.3 Å². The van der Waals surface area contributed by atoms with Crippen molar-refractivity contribution in [3.05, 3.63) is 70.3 Å². The van der Waals surface area contributed by atoms with Crippen molar-refractivity contribution < 1.29 is 14.4 Å². The molecular formula is C23H21ClN2O3. The van der Waals surface area contributed by atoms with E-state index in [2.05, 4.69) is 5.32 Å². The van der Waals surface area contributed by atoms with Crippen molar-refractivity contribution in [3.63, 3.8) is 0 Å². The number of rotatable bonds is 3. The maximum Gasteiger partial charge on any atom is 0.255 e. The Morgan fingerprint density at radius 3 is 2.41 bits per heavy atom. The second-order valence-corrected chi connectivity index (χ2v) is 8.09. The van der Waals surface area contributed by atoms with Gasteiger partial charge in [0.1, 0.15) is 0 Å². The highest BCUT2D eigenvalue weighted by atomic mass is 35.5. The van der Waals surface area contributed by atoms with Crippen molar-refractivity contribution in [1.82, 2.24) is 0 Å². The number of hydrogen-bond donors (Lipinski definition) is 1. The van der Waals surface area contributed by atoms with Crippen LogP contribution in [-0.4, -0.2) is 17.7 Å². The van der Waals surface area contributed by atoms with Crippen molar-refractivity contribution in [3.8, 4) is 0 Å². The number of amides is 3. The van der Waals surface area contributed by atoms with Gasteiger partial charge in [0.05, 0.1) is 17.5 Å². The van der Waals surface area contributed by atoms with Crippen LogP contribution in [0.25, 0.3) is 0 Å². The summed E-state index contributed by atoms with van der Waals surface area (Å²) in [6, 6.07) is 11.8. The molecule has 0 spiro atoms. The molecule has 0 aromatic heterocycles. The smallest absolute Gasteiger partial charge is 0.255 e. The van der Waals surface area contributed by atoms with Crippen LogP contribution in [0.4, 0.5) is 11.4 Å². The number of allylic oxidation sites excluding steroid dienone is 2. The first-order valence-electron chi connectivity index (χ1n) is 9.56. The molecule has 29 heavy (non-hydrogen) atoms. The van der Waals surface area contributed by atoms with E-state index < -0.39 is 0 Å². The van der Waals surface area contributed by atoms with E-state index in [1.165, 1.54) is 4.90 Å². The van der Waals surface area contributed by atoms with Crippen molar-refractivity contribution in [2.24, 2.45) is 11.8 Å². The first-order chi connectivity index (χ1) is 13.8. The zero-order valence-corrected chi connectivity index (χ0v) is 17.0. The van der Waals surface area contributed by atoms with Gasteiger partial charge >= 0.3 is 0 Å². The Morgan fingerprint density at radius 2 is 1.72 bits per heavy atom. The lowest BCUT2D eigenvalue weighted by Gasteiger charge is -2.18. The number of hydrogen-bond acceptors (Lipinski definition) is 3. The second-order valence-electron chi connectivity index (χ2n) is 7.68. The number of anilines is 2.